The highest BCUT2D eigenvalue weighted by molar-refractivity contribution is 5.85. The number of esters is 1. The minimum absolute atomic E-state index is 0.0819. The molecule has 0 fully saturated rings. The number of nitrogens with one attached hydrogen (secondary N) is 1. The van der Waals surface area contributed by atoms with Crippen molar-refractivity contribution in [3.05, 3.63) is 35.4 Å². The van der Waals surface area contributed by atoms with Crippen LogP contribution in [0.2, 0.25) is 0 Å². The van der Waals surface area contributed by atoms with E-state index in [0.29, 0.717) is 6.42 Å². The lowest BCUT2D eigenvalue weighted by Crippen LogP contribution is -2.42. The number of hydrogen-bond acceptors (Lipinski definition) is 3. The molecule has 4 nitrogen and oxygen atoms in total. The molecule has 1 aromatic rings. The number of amides is 1. The highest BCUT2D eigenvalue weighted by Crippen LogP contribution is 2.11. The molecule has 23 heavy (non-hydrogen) atoms. The monoisotopic (exact) mass is 327 g/mol. The Morgan fingerprint density at radius 2 is 1.96 bits per heavy atom. The van der Waals surface area contributed by atoms with Crippen molar-refractivity contribution in [1.29, 1.82) is 0 Å². The van der Waals surface area contributed by atoms with Crippen LogP contribution in [0.5, 0.6) is 0 Å². The van der Waals surface area contributed by atoms with E-state index < -0.39 is 29.6 Å². The molecular weight excluding hydrogens is 304 g/mol. The van der Waals surface area contributed by atoms with E-state index >= 15 is 0 Å². The summed E-state index contributed by atoms with van der Waals surface area (Å²) in [5.41, 5.74) is 0.0819. The van der Waals surface area contributed by atoms with E-state index in [1.807, 2.05) is 0 Å². The Morgan fingerprint density at radius 3 is 2.57 bits per heavy atom. The number of methoxy groups -OCH3 is 1. The number of halogens is 2. The van der Waals surface area contributed by atoms with Crippen molar-refractivity contribution in [3.63, 3.8) is 0 Å². The van der Waals surface area contributed by atoms with E-state index in [4.69, 9.17) is 0 Å². The summed E-state index contributed by atoms with van der Waals surface area (Å²) in [6.45, 7) is 2.08. The van der Waals surface area contributed by atoms with Crippen molar-refractivity contribution in [2.24, 2.45) is 0 Å². The topological polar surface area (TPSA) is 55.4 Å². The zero-order chi connectivity index (χ0) is 17.2. The molecule has 6 heteroatoms. The summed E-state index contributed by atoms with van der Waals surface area (Å²) in [4.78, 5) is 23.7. The van der Waals surface area contributed by atoms with Crippen molar-refractivity contribution in [2.75, 3.05) is 7.11 Å². The fraction of sp³-hybridized carbons (Fsp3) is 0.529. The maximum absolute atomic E-state index is 13.5. The number of carbonyl (C=O) groups is 2. The predicted molar refractivity (Wildman–Crippen MR) is 82.8 cm³/mol. The van der Waals surface area contributed by atoms with Gasteiger partial charge in [0, 0.05) is 6.07 Å². The van der Waals surface area contributed by atoms with Crippen LogP contribution in [0, 0.1) is 11.6 Å². The second-order valence-corrected chi connectivity index (χ2v) is 5.41. The van der Waals surface area contributed by atoms with Gasteiger partial charge < -0.3 is 10.1 Å². The number of ether oxygens (including phenoxy) is 1. The van der Waals surface area contributed by atoms with Gasteiger partial charge in [-0.3, -0.25) is 4.79 Å². The summed E-state index contributed by atoms with van der Waals surface area (Å²) in [5, 5.41) is 2.56. The second-order valence-electron chi connectivity index (χ2n) is 5.41. The third-order valence-corrected chi connectivity index (χ3v) is 3.53. The Morgan fingerprint density at radius 1 is 1.22 bits per heavy atom. The summed E-state index contributed by atoms with van der Waals surface area (Å²) in [7, 11) is 1.26. The second kappa shape index (κ2) is 9.92. The third-order valence-electron chi connectivity index (χ3n) is 3.53. The van der Waals surface area contributed by atoms with Gasteiger partial charge in [-0.2, -0.15) is 0 Å². The molecule has 128 valence electrons. The van der Waals surface area contributed by atoms with Gasteiger partial charge >= 0.3 is 5.97 Å². The fourth-order valence-corrected chi connectivity index (χ4v) is 2.25. The van der Waals surface area contributed by atoms with Crippen LogP contribution in [0.4, 0.5) is 8.78 Å². The first-order valence-electron chi connectivity index (χ1n) is 7.79. The molecule has 1 atom stereocenters. The van der Waals surface area contributed by atoms with Gasteiger partial charge in [-0.15, -0.1) is 0 Å². The van der Waals surface area contributed by atoms with Gasteiger partial charge in [-0.05, 0) is 18.1 Å². The van der Waals surface area contributed by atoms with Crippen LogP contribution in [0.3, 0.4) is 0 Å². The first-order chi connectivity index (χ1) is 11.0. The number of hydrogen-bond donors (Lipinski definition) is 1. The van der Waals surface area contributed by atoms with E-state index in [2.05, 4.69) is 17.0 Å². The summed E-state index contributed by atoms with van der Waals surface area (Å²) < 4.78 is 31.1. The van der Waals surface area contributed by atoms with Crippen LogP contribution >= 0.6 is 0 Å². The molecule has 0 aliphatic rings. The van der Waals surface area contributed by atoms with Gasteiger partial charge in [0.25, 0.3) is 0 Å². The average molecular weight is 327 g/mol. The van der Waals surface area contributed by atoms with Crippen molar-refractivity contribution in [3.8, 4) is 0 Å². The molecular formula is C17H23F2NO3. The molecule has 1 amide bonds. The molecule has 0 unspecified atom stereocenters. The Labute approximate surface area is 135 Å². The molecule has 1 rings (SSSR count). The number of carbonyl (C=O) groups excluding carboxylic acids is 2. The number of unbranched alkanes of at least 4 members (excludes halogenated alkanes) is 3. The molecule has 0 saturated carbocycles. The van der Waals surface area contributed by atoms with E-state index in [0.717, 1.165) is 37.8 Å². The number of rotatable bonds is 9. The normalized spacial score (nSPS) is 11.8. The van der Waals surface area contributed by atoms with Gasteiger partial charge in [0.05, 0.1) is 13.5 Å². The number of benzene rings is 1. The Balaban J connectivity index is 2.59. The molecule has 1 aromatic carbocycles. The Bertz CT molecular complexity index is 535. The molecule has 0 saturated heterocycles. The zero-order valence-electron chi connectivity index (χ0n) is 13.5. The van der Waals surface area contributed by atoms with Crippen LogP contribution in [-0.4, -0.2) is 25.0 Å². The standard InChI is InChI=1S/C17H23F2NO3/c1-3-4-5-6-7-15(17(22)23-2)20-16(21)10-12-8-9-13(18)11-14(12)19/h8-9,11,15H,3-7,10H2,1-2H3,(H,20,21)/t15-/m0/s1. The fourth-order valence-electron chi connectivity index (χ4n) is 2.25. The Hall–Kier alpha value is -1.98. The molecule has 0 aliphatic heterocycles. The van der Waals surface area contributed by atoms with Gasteiger partial charge in [0.15, 0.2) is 0 Å². The van der Waals surface area contributed by atoms with Gasteiger partial charge in [-0.1, -0.05) is 38.7 Å². The maximum Gasteiger partial charge on any atom is 0.328 e. The minimum Gasteiger partial charge on any atom is -0.467 e. The van der Waals surface area contributed by atoms with Crippen molar-refractivity contribution in [2.45, 2.75) is 51.5 Å². The highest BCUT2D eigenvalue weighted by Gasteiger charge is 2.21. The molecule has 0 aromatic heterocycles. The maximum atomic E-state index is 13.5. The van der Waals surface area contributed by atoms with Crippen molar-refractivity contribution in [1.82, 2.24) is 5.32 Å². The summed E-state index contributed by atoms with van der Waals surface area (Å²) in [6, 6.07) is 2.30. The summed E-state index contributed by atoms with van der Waals surface area (Å²) in [5.74, 6) is -2.50. The van der Waals surface area contributed by atoms with E-state index in [1.54, 1.807) is 0 Å². The first kappa shape index (κ1) is 19.1. The molecule has 0 aliphatic carbocycles. The highest BCUT2D eigenvalue weighted by atomic mass is 19.1. The van der Waals surface area contributed by atoms with Crippen LogP contribution < -0.4 is 5.32 Å². The largest absolute Gasteiger partial charge is 0.467 e. The van der Waals surface area contributed by atoms with Gasteiger partial charge in [0.1, 0.15) is 17.7 Å². The smallest absolute Gasteiger partial charge is 0.328 e. The van der Waals surface area contributed by atoms with E-state index in [-0.39, 0.29) is 12.0 Å². The van der Waals surface area contributed by atoms with Crippen LogP contribution in [-0.2, 0) is 20.7 Å². The molecule has 0 heterocycles. The summed E-state index contributed by atoms with van der Waals surface area (Å²) >= 11 is 0. The van der Waals surface area contributed by atoms with Crippen LogP contribution in [0.1, 0.15) is 44.6 Å². The van der Waals surface area contributed by atoms with E-state index in [1.165, 1.54) is 13.2 Å². The molecule has 0 spiro atoms. The van der Waals surface area contributed by atoms with Gasteiger partial charge in [-0.25, -0.2) is 13.6 Å². The lowest BCUT2D eigenvalue weighted by molar-refractivity contribution is -0.145. The predicted octanol–water partition coefficient (Wildman–Crippen LogP) is 3.14. The third kappa shape index (κ3) is 6.76. The Kier molecular flexibility index (Phi) is 8.22. The quantitative estimate of drug-likeness (QED) is 0.560. The van der Waals surface area contributed by atoms with Crippen LogP contribution in [0.15, 0.2) is 18.2 Å². The van der Waals surface area contributed by atoms with Crippen LogP contribution in [0.25, 0.3) is 0 Å². The van der Waals surface area contributed by atoms with Gasteiger partial charge in [0.2, 0.25) is 5.91 Å². The molecule has 0 bridgehead atoms. The summed E-state index contributed by atoms with van der Waals surface area (Å²) in [6.07, 6.45) is 4.10. The SMILES string of the molecule is CCCCCC[C@H](NC(=O)Cc1ccc(F)cc1F)C(=O)OC. The molecule has 1 N–H and O–H groups in total. The lowest BCUT2D eigenvalue weighted by atomic mass is 10.1. The van der Waals surface area contributed by atoms with Crippen molar-refractivity contribution >= 4 is 11.9 Å². The van der Waals surface area contributed by atoms with Crippen molar-refractivity contribution < 1.29 is 23.1 Å². The van der Waals surface area contributed by atoms with E-state index in [9.17, 15) is 18.4 Å². The lowest BCUT2D eigenvalue weighted by Gasteiger charge is -2.16. The first-order valence-corrected chi connectivity index (χ1v) is 7.79. The molecule has 0 radical (unpaired) electrons. The zero-order valence-corrected chi connectivity index (χ0v) is 13.5. The minimum atomic E-state index is -0.780. The average Bonchev–Trinajstić information content (AvgIpc) is 2.52.